The van der Waals surface area contributed by atoms with Crippen molar-refractivity contribution in [3.63, 3.8) is 0 Å². The lowest BCUT2D eigenvalue weighted by atomic mass is 10.2. The van der Waals surface area contributed by atoms with E-state index in [1.807, 2.05) is 0 Å². The van der Waals surface area contributed by atoms with Crippen molar-refractivity contribution >= 4 is 17.7 Å². The predicted octanol–water partition coefficient (Wildman–Crippen LogP) is 2.28. The van der Waals surface area contributed by atoms with E-state index in [1.165, 1.54) is 12.1 Å². The molecule has 1 rings (SSSR count). The van der Waals surface area contributed by atoms with E-state index in [4.69, 9.17) is 0 Å². The summed E-state index contributed by atoms with van der Waals surface area (Å²) in [5.74, 6) is 0. The van der Waals surface area contributed by atoms with Gasteiger partial charge in [0.05, 0.1) is 5.49 Å². The fraction of sp³-hybridized carbons (Fsp3) is 0.125. The molecule has 0 saturated heterocycles. The van der Waals surface area contributed by atoms with Crippen molar-refractivity contribution in [2.24, 2.45) is 0 Å². The van der Waals surface area contributed by atoms with Crippen LogP contribution < -0.4 is 5.32 Å². The summed E-state index contributed by atoms with van der Waals surface area (Å²) >= 11 is 4.28. The summed E-state index contributed by atoms with van der Waals surface area (Å²) in [6.07, 6.45) is 0. The molecule has 12 heavy (non-hydrogen) atoms. The first kappa shape index (κ1) is 9.06. The lowest BCUT2D eigenvalue weighted by molar-refractivity contribution is -0.0190. The molecule has 1 nitrogen and oxygen atoms in total. The summed E-state index contributed by atoms with van der Waals surface area (Å²) in [7, 11) is 0. The van der Waals surface area contributed by atoms with Gasteiger partial charge in [0.2, 0.25) is 0 Å². The van der Waals surface area contributed by atoms with E-state index in [-0.39, 0.29) is 5.56 Å². The topological polar surface area (TPSA) is 12.0 Å². The number of halogens is 2. The van der Waals surface area contributed by atoms with Gasteiger partial charge in [-0.3, -0.25) is 0 Å². The SMILES string of the molecule is FC(F)(NC=S)c1ccccc1. The molecule has 0 fully saturated rings. The molecule has 0 spiro atoms. The second-order valence-corrected chi connectivity index (χ2v) is 2.44. The molecule has 0 heterocycles. The smallest absolute Gasteiger partial charge is 0.320 e. The second-order valence-electron chi connectivity index (χ2n) is 2.20. The van der Waals surface area contributed by atoms with Crippen molar-refractivity contribution in [1.82, 2.24) is 5.32 Å². The highest BCUT2D eigenvalue weighted by Gasteiger charge is 2.29. The Hall–Kier alpha value is -1.03. The Morgan fingerprint density at radius 2 is 1.83 bits per heavy atom. The summed E-state index contributed by atoms with van der Waals surface area (Å²) in [6.45, 7) is 0. The Balaban J connectivity index is 2.89. The molecule has 0 bridgehead atoms. The highest BCUT2D eigenvalue weighted by Crippen LogP contribution is 2.23. The minimum absolute atomic E-state index is 0.0916. The van der Waals surface area contributed by atoms with Crippen LogP contribution in [0.3, 0.4) is 0 Å². The van der Waals surface area contributed by atoms with Gasteiger partial charge in [-0.05, 0) is 0 Å². The minimum Gasteiger partial charge on any atom is -0.320 e. The number of benzene rings is 1. The molecule has 0 aliphatic carbocycles. The number of nitrogens with one attached hydrogen (secondary N) is 1. The summed E-state index contributed by atoms with van der Waals surface area (Å²) in [4.78, 5) is 0. The van der Waals surface area contributed by atoms with Crippen LogP contribution in [0.25, 0.3) is 0 Å². The summed E-state index contributed by atoms with van der Waals surface area (Å²) in [5.41, 5.74) is 0.721. The summed E-state index contributed by atoms with van der Waals surface area (Å²) in [6, 6.07) is 4.39. The maximum Gasteiger partial charge on any atom is 0.350 e. The second kappa shape index (κ2) is 3.58. The molecule has 1 aromatic carbocycles. The average molecular weight is 187 g/mol. The average Bonchev–Trinajstić information content (AvgIpc) is 2.06. The molecule has 0 atom stereocenters. The number of rotatable bonds is 3. The zero-order valence-corrected chi connectivity index (χ0v) is 6.94. The van der Waals surface area contributed by atoms with Gasteiger partial charge >= 0.3 is 6.05 Å². The minimum atomic E-state index is -3.07. The van der Waals surface area contributed by atoms with E-state index in [9.17, 15) is 8.78 Å². The van der Waals surface area contributed by atoms with Crippen LogP contribution >= 0.6 is 12.2 Å². The fourth-order valence-corrected chi connectivity index (χ4v) is 0.953. The fourth-order valence-electron chi connectivity index (χ4n) is 0.805. The van der Waals surface area contributed by atoms with Gasteiger partial charge in [-0.1, -0.05) is 42.5 Å². The predicted molar refractivity (Wildman–Crippen MR) is 47.1 cm³/mol. The highest BCUT2D eigenvalue weighted by atomic mass is 32.1. The molecule has 0 radical (unpaired) electrons. The van der Waals surface area contributed by atoms with Gasteiger partial charge in [-0.25, -0.2) is 0 Å². The van der Waals surface area contributed by atoms with Crippen LogP contribution in [-0.2, 0) is 6.05 Å². The Labute approximate surface area is 74.4 Å². The van der Waals surface area contributed by atoms with Crippen LogP contribution in [0.1, 0.15) is 5.56 Å². The van der Waals surface area contributed by atoms with Crippen LogP contribution in [0.4, 0.5) is 8.78 Å². The van der Waals surface area contributed by atoms with Gasteiger partial charge in [0, 0.05) is 5.56 Å². The van der Waals surface area contributed by atoms with Crippen molar-refractivity contribution in [1.29, 1.82) is 0 Å². The molecule has 0 aliphatic heterocycles. The molecule has 0 aliphatic rings. The third-order valence-corrected chi connectivity index (χ3v) is 1.49. The van der Waals surface area contributed by atoms with Gasteiger partial charge in [0.1, 0.15) is 0 Å². The first-order valence-corrected chi connectivity index (χ1v) is 3.78. The molecule has 0 amide bonds. The highest BCUT2D eigenvalue weighted by molar-refractivity contribution is 7.78. The Morgan fingerprint density at radius 3 is 2.33 bits per heavy atom. The van der Waals surface area contributed by atoms with Crippen LogP contribution in [0.15, 0.2) is 30.3 Å². The van der Waals surface area contributed by atoms with Crippen molar-refractivity contribution < 1.29 is 8.78 Å². The maximum absolute atomic E-state index is 12.9. The molecule has 0 aromatic heterocycles. The standard InChI is InChI=1S/C8H7F2NS/c9-8(10,11-6-12)7-4-2-1-3-5-7/h1-6H,(H,11,12). The molecule has 1 aromatic rings. The Morgan fingerprint density at radius 1 is 1.25 bits per heavy atom. The lowest BCUT2D eigenvalue weighted by Gasteiger charge is -2.15. The zero-order chi connectivity index (χ0) is 9.03. The van der Waals surface area contributed by atoms with Gasteiger partial charge in [-0.2, -0.15) is 8.78 Å². The van der Waals surface area contributed by atoms with Crippen molar-refractivity contribution in [3.05, 3.63) is 35.9 Å². The van der Waals surface area contributed by atoms with Gasteiger partial charge in [-0.15, -0.1) is 0 Å². The summed E-state index contributed by atoms with van der Waals surface area (Å²) in [5, 5.41) is 1.79. The van der Waals surface area contributed by atoms with Crippen LogP contribution in [-0.4, -0.2) is 5.49 Å². The number of hydrogen-bond donors (Lipinski definition) is 1. The van der Waals surface area contributed by atoms with Gasteiger partial charge in [0.15, 0.2) is 0 Å². The van der Waals surface area contributed by atoms with E-state index >= 15 is 0 Å². The zero-order valence-electron chi connectivity index (χ0n) is 6.13. The van der Waals surface area contributed by atoms with Gasteiger partial charge in [0.25, 0.3) is 0 Å². The van der Waals surface area contributed by atoms with E-state index in [2.05, 4.69) is 12.2 Å². The Kier molecular flexibility index (Phi) is 2.70. The van der Waals surface area contributed by atoms with Crippen LogP contribution in [0, 0.1) is 0 Å². The van der Waals surface area contributed by atoms with Crippen molar-refractivity contribution in [2.45, 2.75) is 6.05 Å². The third-order valence-electron chi connectivity index (χ3n) is 1.38. The maximum atomic E-state index is 12.9. The molecular formula is C8H7F2NS. The monoisotopic (exact) mass is 187 g/mol. The molecule has 0 unspecified atom stereocenters. The van der Waals surface area contributed by atoms with Crippen molar-refractivity contribution in [3.8, 4) is 0 Å². The first-order chi connectivity index (χ1) is 5.67. The lowest BCUT2D eigenvalue weighted by Crippen LogP contribution is -2.31. The first-order valence-electron chi connectivity index (χ1n) is 3.31. The van der Waals surface area contributed by atoms with E-state index < -0.39 is 6.05 Å². The van der Waals surface area contributed by atoms with Crippen LogP contribution in [0.2, 0.25) is 0 Å². The normalized spacial score (nSPS) is 10.8. The number of thiocarbonyl (C=S) groups is 1. The Bertz CT molecular complexity index is 261. The van der Waals surface area contributed by atoms with E-state index in [0.29, 0.717) is 0 Å². The number of alkyl halides is 2. The third kappa shape index (κ3) is 1.98. The largest absolute Gasteiger partial charge is 0.350 e. The molecule has 4 heteroatoms. The van der Waals surface area contributed by atoms with E-state index in [1.54, 1.807) is 23.5 Å². The van der Waals surface area contributed by atoms with E-state index in [0.717, 1.165) is 5.49 Å². The molecule has 64 valence electrons. The molecule has 1 N–H and O–H groups in total. The molecular weight excluding hydrogens is 180 g/mol. The van der Waals surface area contributed by atoms with Gasteiger partial charge < -0.3 is 5.32 Å². The summed E-state index contributed by atoms with van der Waals surface area (Å²) < 4.78 is 25.9. The van der Waals surface area contributed by atoms with Crippen molar-refractivity contribution in [2.75, 3.05) is 0 Å². The van der Waals surface area contributed by atoms with Crippen LogP contribution in [0.5, 0.6) is 0 Å². The quantitative estimate of drug-likeness (QED) is 0.575. The number of hydrogen-bond acceptors (Lipinski definition) is 1. The molecule has 0 saturated carbocycles.